The standard InChI is InChI=1S/C17H27N/c1-14(2)13-18-11-5-6-15-9-10-16-7-3-4-8-17(16)12-15/h9-10,12,14,18H,3-8,11,13H2,1-2H3. The zero-order valence-electron chi connectivity index (χ0n) is 12.0. The number of fused-ring (bicyclic) bond motifs is 1. The van der Waals surface area contributed by atoms with Crippen LogP contribution in [-0.4, -0.2) is 13.1 Å². The van der Waals surface area contributed by atoms with E-state index in [1.807, 2.05) is 0 Å². The molecule has 1 N–H and O–H groups in total. The largest absolute Gasteiger partial charge is 0.316 e. The van der Waals surface area contributed by atoms with Gasteiger partial charge in [0.25, 0.3) is 0 Å². The van der Waals surface area contributed by atoms with Crippen LogP contribution in [0.25, 0.3) is 0 Å². The molecule has 0 heterocycles. The summed E-state index contributed by atoms with van der Waals surface area (Å²) < 4.78 is 0. The van der Waals surface area contributed by atoms with E-state index < -0.39 is 0 Å². The molecule has 1 heteroatoms. The summed E-state index contributed by atoms with van der Waals surface area (Å²) >= 11 is 0. The Morgan fingerprint density at radius 3 is 2.67 bits per heavy atom. The van der Waals surface area contributed by atoms with Crippen molar-refractivity contribution < 1.29 is 0 Å². The summed E-state index contributed by atoms with van der Waals surface area (Å²) in [5, 5.41) is 3.52. The highest BCUT2D eigenvalue weighted by atomic mass is 14.8. The lowest BCUT2D eigenvalue weighted by atomic mass is 9.90. The molecule has 1 aromatic carbocycles. The molecule has 0 aliphatic heterocycles. The van der Waals surface area contributed by atoms with Crippen LogP contribution in [0.15, 0.2) is 18.2 Å². The molecular formula is C17H27N. The zero-order chi connectivity index (χ0) is 12.8. The fourth-order valence-corrected chi connectivity index (χ4v) is 2.75. The van der Waals surface area contributed by atoms with E-state index in [0.29, 0.717) is 0 Å². The molecule has 0 spiro atoms. The van der Waals surface area contributed by atoms with Crippen LogP contribution in [0.3, 0.4) is 0 Å². The van der Waals surface area contributed by atoms with E-state index in [2.05, 4.69) is 37.4 Å². The summed E-state index contributed by atoms with van der Waals surface area (Å²) in [6.07, 6.45) is 7.84. The van der Waals surface area contributed by atoms with Gasteiger partial charge in [-0.15, -0.1) is 0 Å². The smallest absolute Gasteiger partial charge is 0.00258 e. The van der Waals surface area contributed by atoms with Crippen molar-refractivity contribution in [3.05, 3.63) is 34.9 Å². The third kappa shape index (κ3) is 4.13. The fraction of sp³-hybridized carbons (Fsp3) is 0.647. The zero-order valence-corrected chi connectivity index (χ0v) is 12.0. The Balaban J connectivity index is 1.76. The Morgan fingerprint density at radius 2 is 1.89 bits per heavy atom. The number of hydrogen-bond acceptors (Lipinski definition) is 1. The fourth-order valence-electron chi connectivity index (χ4n) is 2.75. The minimum Gasteiger partial charge on any atom is -0.316 e. The molecule has 2 rings (SSSR count). The maximum Gasteiger partial charge on any atom is -0.00258 e. The van der Waals surface area contributed by atoms with E-state index in [4.69, 9.17) is 0 Å². The lowest BCUT2D eigenvalue weighted by molar-refractivity contribution is 0.543. The maximum atomic E-state index is 3.52. The van der Waals surface area contributed by atoms with Crippen molar-refractivity contribution in [1.29, 1.82) is 0 Å². The molecule has 1 nitrogen and oxygen atoms in total. The van der Waals surface area contributed by atoms with Gasteiger partial charge in [0, 0.05) is 0 Å². The number of aryl methyl sites for hydroxylation is 3. The first-order chi connectivity index (χ1) is 8.75. The summed E-state index contributed by atoms with van der Waals surface area (Å²) in [4.78, 5) is 0. The number of benzene rings is 1. The van der Waals surface area contributed by atoms with Crippen LogP contribution < -0.4 is 5.32 Å². The molecule has 0 amide bonds. The third-order valence-electron chi connectivity index (χ3n) is 3.78. The first-order valence-corrected chi connectivity index (χ1v) is 7.57. The van der Waals surface area contributed by atoms with Gasteiger partial charge in [-0.25, -0.2) is 0 Å². The van der Waals surface area contributed by atoms with E-state index >= 15 is 0 Å². The maximum absolute atomic E-state index is 3.52. The predicted octanol–water partition coefficient (Wildman–Crippen LogP) is 3.74. The van der Waals surface area contributed by atoms with Crippen LogP contribution in [-0.2, 0) is 19.3 Å². The van der Waals surface area contributed by atoms with Crippen LogP contribution >= 0.6 is 0 Å². The average molecular weight is 245 g/mol. The molecule has 1 aliphatic carbocycles. The van der Waals surface area contributed by atoms with Gasteiger partial charge >= 0.3 is 0 Å². The summed E-state index contributed by atoms with van der Waals surface area (Å²) in [6, 6.07) is 7.16. The molecule has 0 aromatic heterocycles. The number of rotatable bonds is 6. The van der Waals surface area contributed by atoms with E-state index in [0.717, 1.165) is 19.0 Å². The Morgan fingerprint density at radius 1 is 1.11 bits per heavy atom. The van der Waals surface area contributed by atoms with Gasteiger partial charge in [-0.1, -0.05) is 32.0 Å². The first-order valence-electron chi connectivity index (χ1n) is 7.57. The highest BCUT2D eigenvalue weighted by Gasteiger charge is 2.09. The van der Waals surface area contributed by atoms with Gasteiger partial charge in [-0.3, -0.25) is 0 Å². The summed E-state index contributed by atoms with van der Waals surface area (Å²) in [7, 11) is 0. The van der Waals surface area contributed by atoms with Crippen LogP contribution in [0.5, 0.6) is 0 Å². The molecule has 0 unspecified atom stereocenters. The molecule has 0 saturated carbocycles. The lowest BCUT2D eigenvalue weighted by Gasteiger charge is -2.16. The van der Waals surface area contributed by atoms with E-state index in [1.54, 1.807) is 11.1 Å². The highest BCUT2D eigenvalue weighted by molar-refractivity contribution is 5.33. The second-order valence-electron chi connectivity index (χ2n) is 6.01. The van der Waals surface area contributed by atoms with E-state index in [-0.39, 0.29) is 0 Å². The van der Waals surface area contributed by atoms with Gasteiger partial charge in [-0.2, -0.15) is 0 Å². The molecule has 1 aliphatic rings. The van der Waals surface area contributed by atoms with Crippen molar-refractivity contribution in [1.82, 2.24) is 5.32 Å². The third-order valence-corrected chi connectivity index (χ3v) is 3.78. The Labute approximate surface area is 112 Å². The monoisotopic (exact) mass is 245 g/mol. The van der Waals surface area contributed by atoms with Crippen molar-refractivity contribution >= 4 is 0 Å². The summed E-state index contributed by atoms with van der Waals surface area (Å²) in [6.45, 7) is 6.81. The molecular weight excluding hydrogens is 218 g/mol. The topological polar surface area (TPSA) is 12.0 Å². The lowest BCUT2D eigenvalue weighted by Crippen LogP contribution is -2.21. The number of nitrogens with one attached hydrogen (secondary N) is 1. The predicted molar refractivity (Wildman–Crippen MR) is 79.1 cm³/mol. The second-order valence-corrected chi connectivity index (χ2v) is 6.01. The van der Waals surface area contributed by atoms with Gasteiger partial charge in [0.2, 0.25) is 0 Å². The minimum absolute atomic E-state index is 0.758. The number of hydrogen-bond donors (Lipinski definition) is 1. The Hall–Kier alpha value is -0.820. The van der Waals surface area contributed by atoms with E-state index in [9.17, 15) is 0 Å². The molecule has 0 saturated heterocycles. The van der Waals surface area contributed by atoms with Gasteiger partial charge in [0.05, 0.1) is 0 Å². The van der Waals surface area contributed by atoms with Crippen molar-refractivity contribution in [2.45, 2.75) is 52.4 Å². The van der Waals surface area contributed by atoms with Gasteiger partial charge in [-0.05, 0) is 74.2 Å². The van der Waals surface area contributed by atoms with Crippen molar-refractivity contribution in [3.63, 3.8) is 0 Å². The van der Waals surface area contributed by atoms with Crippen LogP contribution in [0.4, 0.5) is 0 Å². The summed E-state index contributed by atoms with van der Waals surface area (Å²) in [5.41, 5.74) is 4.75. The summed E-state index contributed by atoms with van der Waals surface area (Å²) in [5.74, 6) is 0.758. The Bertz CT molecular complexity index is 368. The Kier molecular flexibility index (Phi) is 5.25. The average Bonchev–Trinajstić information content (AvgIpc) is 2.38. The van der Waals surface area contributed by atoms with Crippen molar-refractivity contribution in [2.24, 2.45) is 5.92 Å². The molecule has 18 heavy (non-hydrogen) atoms. The van der Waals surface area contributed by atoms with Gasteiger partial charge in [0.1, 0.15) is 0 Å². The SMILES string of the molecule is CC(C)CNCCCc1ccc2c(c1)CCCC2. The molecule has 0 atom stereocenters. The normalized spacial score (nSPS) is 14.8. The molecule has 0 radical (unpaired) electrons. The molecule has 0 fully saturated rings. The van der Waals surface area contributed by atoms with E-state index in [1.165, 1.54) is 44.1 Å². The van der Waals surface area contributed by atoms with Gasteiger partial charge in [0.15, 0.2) is 0 Å². The highest BCUT2D eigenvalue weighted by Crippen LogP contribution is 2.22. The first kappa shape index (κ1) is 13.6. The van der Waals surface area contributed by atoms with Gasteiger partial charge < -0.3 is 5.32 Å². The molecule has 100 valence electrons. The second kappa shape index (κ2) is 6.94. The van der Waals surface area contributed by atoms with Crippen LogP contribution in [0.1, 0.15) is 49.8 Å². The minimum atomic E-state index is 0.758. The molecule has 0 bridgehead atoms. The van der Waals surface area contributed by atoms with Crippen LogP contribution in [0, 0.1) is 5.92 Å². The van der Waals surface area contributed by atoms with Crippen molar-refractivity contribution in [3.8, 4) is 0 Å². The quantitative estimate of drug-likeness (QED) is 0.753. The van der Waals surface area contributed by atoms with Crippen molar-refractivity contribution in [2.75, 3.05) is 13.1 Å². The van der Waals surface area contributed by atoms with Crippen LogP contribution in [0.2, 0.25) is 0 Å². The molecule has 1 aromatic rings.